The summed E-state index contributed by atoms with van der Waals surface area (Å²) < 4.78 is 0. The molecule has 0 fully saturated rings. The Balaban J connectivity index is 1.55. The van der Waals surface area contributed by atoms with Crippen LogP contribution in [0.2, 0.25) is 0 Å². The van der Waals surface area contributed by atoms with Gasteiger partial charge in [0, 0.05) is 15.8 Å². The quantitative estimate of drug-likeness (QED) is 0.457. The van der Waals surface area contributed by atoms with Crippen molar-refractivity contribution < 1.29 is 9.59 Å². The topological polar surface area (TPSA) is 74.3 Å². The zero-order chi connectivity index (χ0) is 23.3. The Morgan fingerprint density at radius 3 is 2.31 bits per heavy atom. The van der Waals surface area contributed by atoms with Gasteiger partial charge in [-0.2, -0.15) is 0 Å². The van der Waals surface area contributed by atoms with Crippen molar-refractivity contribution in [1.29, 1.82) is 0 Å². The average molecular weight is 469 g/mol. The van der Waals surface area contributed by atoms with Gasteiger partial charge >= 0.3 is 0 Å². The van der Waals surface area contributed by atoms with Crippen molar-refractivity contribution in [2.24, 2.45) is 0 Å². The van der Waals surface area contributed by atoms with E-state index in [9.17, 15) is 9.59 Å². The highest BCUT2D eigenvalue weighted by atomic mass is 32.2. The number of thiazole rings is 1. The zero-order valence-electron chi connectivity index (χ0n) is 19.0. The number of likely N-dealkylation sites (N-methyl/N-ethyl adjacent to an activating group) is 1. The number of aromatic nitrogens is 1. The van der Waals surface area contributed by atoms with E-state index in [1.54, 1.807) is 23.7 Å². The Hall–Kier alpha value is -2.68. The summed E-state index contributed by atoms with van der Waals surface area (Å²) in [5.74, 6) is -0.369. The summed E-state index contributed by atoms with van der Waals surface area (Å²) in [6, 6.07) is 11.9. The fourth-order valence-electron chi connectivity index (χ4n) is 3.67. The number of benzene rings is 2. The number of rotatable bonds is 8. The fourth-order valence-corrected chi connectivity index (χ4v) is 4.94. The number of hydrogen-bond acceptors (Lipinski definition) is 6. The van der Waals surface area contributed by atoms with E-state index in [0.29, 0.717) is 5.13 Å². The Morgan fingerprint density at radius 2 is 1.66 bits per heavy atom. The van der Waals surface area contributed by atoms with Gasteiger partial charge in [0.25, 0.3) is 0 Å². The normalized spacial score (nSPS) is 10.9. The lowest BCUT2D eigenvalue weighted by molar-refractivity contribution is -0.119. The van der Waals surface area contributed by atoms with E-state index in [1.807, 2.05) is 35.9 Å². The number of nitrogens with zero attached hydrogens (tertiary/aromatic N) is 2. The Labute approximate surface area is 197 Å². The maximum absolute atomic E-state index is 12.5. The molecule has 1 heterocycles. The van der Waals surface area contributed by atoms with Crippen LogP contribution in [0.3, 0.4) is 0 Å². The summed E-state index contributed by atoms with van der Waals surface area (Å²) >= 11 is 2.97. The van der Waals surface area contributed by atoms with Gasteiger partial charge < -0.3 is 10.6 Å². The lowest BCUT2D eigenvalue weighted by atomic mass is 9.98. The molecule has 2 aromatic carbocycles. The maximum atomic E-state index is 12.5. The first-order valence-corrected chi connectivity index (χ1v) is 12.3. The summed E-state index contributed by atoms with van der Waals surface area (Å²) in [6.07, 6.45) is 1.97. The lowest BCUT2D eigenvalue weighted by Gasteiger charge is -2.16. The smallest absolute Gasteiger partial charge is 0.240 e. The zero-order valence-corrected chi connectivity index (χ0v) is 20.6. The summed E-state index contributed by atoms with van der Waals surface area (Å²) in [5, 5.41) is 8.27. The number of carbonyl (C=O) groups is 2. The maximum Gasteiger partial charge on any atom is 0.240 e. The highest BCUT2D eigenvalue weighted by Crippen LogP contribution is 2.31. The van der Waals surface area contributed by atoms with Gasteiger partial charge in [0.2, 0.25) is 11.8 Å². The van der Waals surface area contributed by atoms with Crippen molar-refractivity contribution in [1.82, 2.24) is 9.88 Å². The molecule has 32 heavy (non-hydrogen) atoms. The molecule has 0 bridgehead atoms. The van der Waals surface area contributed by atoms with Gasteiger partial charge in [0.1, 0.15) is 0 Å². The molecule has 6 nitrogen and oxygen atoms in total. The Morgan fingerprint density at radius 1 is 1.03 bits per heavy atom. The number of thioether (sulfide) groups is 1. The molecule has 2 amide bonds. The monoisotopic (exact) mass is 468 g/mol. The predicted molar refractivity (Wildman–Crippen MR) is 135 cm³/mol. The number of amides is 2. The molecule has 0 spiro atoms. The molecule has 0 aliphatic rings. The molecular weight excluding hydrogens is 440 g/mol. The van der Waals surface area contributed by atoms with E-state index in [4.69, 9.17) is 0 Å². The minimum atomic E-state index is -0.205. The molecule has 2 N–H and O–H groups in total. The number of nitrogens with one attached hydrogen (secondary N) is 2. The summed E-state index contributed by atoms with van der Waals surface area (Å²) in [6.45, 7) is 6.43. The van der Waals surface area contributed by atoms with Crippen LogP contribution in [0.1, 0.15) is 16.7 Å². The van der Waals surface area contributed by atoms with Crippen molar-refractivity contribution in [2.45, 2.75) is 25.7 Å². The number of hydrogen-bond donors (Lipinski definition) is 2. The summed E-state index contributed by atoms with van der Waals surface area (Å²) in [7, 11) is 1.74. The summed E-state index contributed by atoms with van der Waals surface area (Å²) in [5.41, 5.74) is 6.29. The third kappa shape index (κ3) is 6.18. The molecule has 0 unspecified atom stereocenters. The minimum absolute atomic E-state index is 0.0924. The highest BCUT2D eigenvalue weighted by molar-refractivity contribution is 7.98. The van der Waals surface area contributed by atoms with E-state index in [1.165, 1.54) is 28.0 Å². The van der Waals surface area contributed by atoms with Crippen LogP contribution in [0.15, 0.2) is 46.7 Å². The van der Waals surface area contributed by atoms with Gasteiger partial charge in [-0.15, -0.1) is 23.1 Å². The van der Waals surface area contributed by atoms with Gasteiger partial charge in [0.05, 0.1) is 24.5 Å². The molecule has 0 saturated carbocycles. The summed E-state index contributed by atoms with van der Waals surface area (Å²) in [4.78, 5) is 32.1. The van der Waals surface area contributed by atoms with Crippen molar-refractivity contribution >= 4 is 45.7 Å². The molecule has 168 valence electrons. The van der Waals surface area contributed by atoms with Crippen molar-refractivity contribution in [2.75, 3.05) is 37.0 Å². The molecular formula is C24H28N4O2S2. The molecule has 3 aromatic rings. The lowest BCUT2D eigenvalue weighted by Crippen LogP contribution is -2.36. The van der Waals surface area contributed by atoms with E-state index in [-0.39, 0.29) is 24.9 Å². The van der Waals surface area contributed by atoms with Crippen LogP contribution >= 0.6 is 23.1 Å². The third-order valence-corrected chi connectivity index (χ3v) is 6.45. The van der Waals surface area contributed by atoms with Crippen LogP contribution in [-0.2, 0) is 9.59 Å². The average Bonchev–Trinajstić information content (AvgIpc) is 3.14. The predicted octanol–water partition coefficient (Wildman–Crippen LogP) is 4.97. The highest BCUT2D eigenvalue weighted by Gasteiger charge is 2.15. The minimum Gasteiger partial charge on any atom is -0.324 e. The van der Waals surface area contributed by atoms with Crippen molar-refractivity contribution in [3.8, 4) is 11.3 Å². The van der Waals surface area contributed by atoms with E-state index >= 15 is 0 Å². The first-order valence-electron chi connectivity index (χ1n) is 10.2. The molecule has 0 aliphatic heterocycles. The first-order chi connectivity index (χ1) is 15.3. The first kappa shape index (κ1) is 24.0. The molecule has 0 radical (unpaired) electrons. The second-order valence-corrected chi connectivity index (χ2v) is 9.49. The van der Waals surface area contributed by atoms with Crippen LogP contribution in [0.5, 0.6) is 0 Å². The van der Waals surface area contributed by atoms with Gasteiger partial charge in [-0.3, -0.25) is 14.5 Å². The molecule has 0 atom stereocenters. The number of anilines is 2. The Bertz CT molecular complexity index is 1100. The SMILES string of the molecule is CSc1ccccc1NC(=O)CN(C)CC(=O)Nc1nc(-c2c(C)cc(C)cc2C)cs1. The molecule has 0 aliphatic carbocycles. The van der Waals surface area contributed by atoms with Crippen LogP contribution in [0.4, 0.5) is 10.8 Å². The van der Waals surface area contributed by atoms with Crippen molar-refractivity contribution in [3.63, 3.8) is 0 Å². The van der Waals surface area contributed by atoms with Gasteiger partial charge in [0.15, 0.2) is 5.13 Å². The Kier molecular flexibility index (Phi) is 8.06. The van der Waals surface area contributed by atoms with E-state index in [2.05, 4.69) is 48.5 Å². The van der Waals surface area contributed by atoms with Gasteiger partial charge in [-0.25, -0.2) is 4.98 Å². The molecule has 8 heteroatoms. The van der Waals surface area contributed by atoms with Crippen LogP contribution in [-0.4, -0.2) is 48.1 Å². The largest absolute Gasteiger partial charge is 0.324 e. The van der Waals surface area contributed by atoms with Crippen LogP contribution < -0.4 is 10.6 Å². The fraction of sp³-hybridized carbons (Fsp3) is 0.292. The van der Waals surface area contributed by atoms with Crippen LogP contribution in [0, 0.1) is 20.8 Å². The number of carbonyl (C=O) groups excluding carboxylic acids is 2. The second kappa shape index (κ2) is 10.8. The third-order valence-electron chi connectivity index (χ3n) is 4.89. The van der Waals surface area contributed by atoms with E-state index < -0.39 is 0 Å². The number of aryl methyl sites for hydroxylation is 3. The second-order valence-electron chi connectivity index (χ2n) is 7.78. The standard InChI is InChI=1S/C24H28N4O2S2/c1-15-10-16(2)23(17(3)11-15)19-14-32-24(26-19)27-22(30)13-28(4)12-21(29)25-18-8-6-7-9-20(18)31-5/h6-11,14H,12-13H2,1-5H3,(H,25,29)(H,26,27,30). The van der Waals surface area contributed by atoms with Crippen LogP contribution in [0.25, 0.3) is 11.3 Å². The van der Waals surface area contributed by atoms with Crippen molar-refractivity contribution in [3.05, 3.63) is 58.5 Å². The van der Waals surface area contributed by atoms with Gasteiger partial charge in [-0.1, -0.05) is 29.8 Å². The van der Waals surface area contributed by atoms with Gasteiger partial charge in [-0.05, 0) is 57.3 Å². The van der Waals surface area contributed by atoms with E-state index in [0.717, 1.165) is 21.8 Å². The number of para-hydroxylation sites is 1. The molecule has 3 rings (SSSR count). The molecule has 0 saturated heterocycles. The molecule has 1 aromatic heterocycles.